The highest BCUT2D eigenvalue weighted by molar-refractivity contribution is 6.30. The maximum atomic E-state index is 11.9. The van der Waals surface area contributed by atoms with E-state index in [4.69, 9.17) is 16.3 Å². The van der Waals surface area contributed by atoms with Crippen LogP contribution in [-0.4, -0.2) is 36.7 Å². The van der Waals surface area contributed by atoms with Crippen molar-refractivity contribution < 1.29 is 9.53 Å². The van der Waals surface area contributed by atoms with Gasteiger partial charge in [0.1, 0.15) is 0 Å². The van der Waals surface area contributed by atoms with E-state index in [9.17, 15) is 4.79 Å². The Kier molecular flexibility index (Phi) is 4.52. The van der Waals surface area contributed by atoms with E-state index in [1.54, 1.807) is 25.4 Å². The summed E-state index contributed by atoms with van der Waals surface area (Å²) in [6, 6.07) is 3.37. The number of nitrogens with zero attached hydrogens (tertiary/aromatic N) is 1. The van der Waals surface area contributed by atoms with Gasteiger partial charge in [0.2, 0.25) is 5.91 Å². The van der Waals surface area contributed by atoms with Crippen LogP contribution < -0.4 is 10.6 Å². The highest BCUT2D eigenvalue weighted by atomic mass is 35.5. The van der Waals surface area contributed by atoms with Crippen LogP contribution >= 0.6 is 11.6 Å². The predicted octanol–water partition coefficient (Wildman–Crippen LogP) is 0.728. The topological polar surface area (TPSA) is 63.2 Å². The van der Waals surface area contributed by atoms with Gasteiger partial charge in [0.05, 0.1) is 29.4 Å². The molecule has 6 heteroatoms. The molecule has 0 saturated carbocycles. The molecule has 1 aromatic rings. The molecule has 2 rings (SSSR count). The Morgan fingerprint density at radius 1 is 1.67 bits per heavy atom. The summed E-state index contributed by atoms with van der Waals surface area (Å²) >= 11 is 5.74. The van der Waals surface area contributed by atoms with Crippen molar-refractivity contribution in [3.63, 3.8) is 0 Å². The minimum Gasteiger partial charge on any atom is -0.380 e. The number of halogens is 1. The molecule has 0 bridgehead atoms. The molecule has 0 radical (unpaired) electrons. The Morgan fingerprint density at radius 3 is 3.11 bits per heavy atom. The maximum Gasteiger partial charge on any atom is 0.237 e. The Labute approximate surface area is 111 Å². The fraction of sp³-hybridized carbons (Fsp3) is 0.500. The summed E-state index contributed by atoms with van der Waals surface area (Å²) in [5.41, 5.74) is 0.786. The fourth-order valence-electron chi connectivity index (χ4n) is 1.89. The Balaban J connectivity index is 1.80. The average molecular weight is 270 g/mol. The maximum absolute atomic E-state index is 11.9. The van der Waals surface area contributed by atoms with Crippen LogP contribution in [0.25, 0.3) is 0 Å². The number of aromatic nitrogens is 1. The lowest BCUT2D eigenvalue weighted by Gasteiger charge is -2.11. The number of ether oxygens (including phenoxy) is 1. The first-order valence-electron chi connectivity index (χ1n) is 5.83. The number of carbonyl (C=O) groups is 1. The minimum absolute atomic E-state index is 0.0219. The molecule has 0 aromatic carbocycles. The molecule has 2 heterocycles. The Bertz CT molecular complexity index is 410. The quantitative estimate of drug-likeness (QED) is 0.846. The number of carbonyl (C=O) groups excluding carboxylic acids is 1. The summed E-state index contributed by atoms with van der Waals surface area (Å²) in [6.45, 7) is 1.12. The van der Waals surface area contributed by atoms with Gasteiger partial charge in [0.25, 0.3) is 0 Å². The third-order valence-electron chi connectivity index (χ3n) is 2.97. The van der Waals surface area contributed by atoms with Crippen LogP contribution in [0, 0.1) is 0 Å². The third-order valence-corrected chi connectivity index (χ3v) is 3.20. The molecule has 1 fully saturated rings. The van der Waals surface area contributed by atoms with Crippen molar-refractivity contribution in [1.82, 2.24) is 15.6 Å². The first kappa shape index (κ1) is 13.3. The van der Waals surface area contributed by atoms with Crippen molar-refractivity contribution >= 4 is 17.5 Å². The molecule has 1 amide bonds. The Hall–Kier alpha value is -1.17. The summed E-state index contributed by atoms with van der Waals surface area (Å²) in [4.78, 5) is 16.0. The number of hydrogen-bond donors (Lipinski definition) is 2. The first-order chi connectivity index (χ1) is 8.69. The van der Waals surface area contributed by atoms with Gasteiger partial charge in [-0.05, 0) is 18.6 Å². The van der Waals surface area contributed by atoms with E-state index in [0.717, 1.165) is 5.69 Å². The highest BCUT2D eigenvalue weighted by Crippen LogP contribution is 2.10. The first-order valence-corrected chi connectivity index (χ1v) is 6.21. The van der Waals surface area contributed by atoms with Crippen molar-refractivity contribution in [1.29, 1.82) is 0 Å². The lowest BCUT2D eigenvalue weighted by atomic mass is 10.2. The van der Waals surface area contributed by atoms with Gasteiger partial charge in [0.15, 0.2) is 0 Å². The molecule has 0 aliphatic carbocycles. The molecule has 0 unspecified atom stereocenters. The molecule has 98 valence electrons. The number of rotatable bonds is 4. The Morgan fingerprint density at radius 2 is 2.50 bits per heavy atom. The molecule has 1 aromatic heterocycles. The number of nitrogens with one attached hydrogen (secondary N) is 2. The highest BCUT2D eigenvalue weighted by Gasteiger charge is 2.28. The van der Waals surface area contributed by atoms with E-state index < -0.39 is 0 Å². The molecule has 5 nitrogen and oxygen atoms in total. The molecule has 2 N–H and O–H groups in total. The summed E-state index contributed by atoms with van der Waals surface area (Å²) in [7, 11) is 1.66. The predicted molar refractivity (Wildman–Crippen MR) is 68.3 cm³/mol. The van der Waals surface area contributed by atoms with Gasteiger partial charge in [-0.15, -0.1) is 0 Å². The van der Waals surface area contributed by atoms with E-state index in [1.807, 2.05) is 0 Å². The third kappa shape index (κ3) is 3.41. The largest absolute Gasteiger partial charge is 0.380 e. The van der Waals surface area contributed by atoms with Crippen LogP contribution in [0.5, 0.6) is 0 Å². The van der Waals surface area contributed by atoms with Gasteiger partial charge < -0.3 is 15.4 Å². The van der Waals surface area contributed by atoms with Gasteiger partial charge in [0, 0.05) is 19.9 Å². The molecule has 1 aliphatic heterocycles. The second kappa shape index (κ2) is 6.13. The summed E-state index contributed by atoms with van der Waals surface area (Å²) in [5, 5.41) is 6.56. The number of hydrogen-bond acceptors (Lipinski definition) is 4. The van der Waals surface area contributed by atoms with Gasteiger partial charge in [-0.1, -0.05) is 11.6 Å². The van der Waals surface area contributed by atoms with Gasteiger partial charge in [-0.2, -0.15) is 0 Å². The van der Waals surface area contributed by atoms with E-state index in [1.165, 1.54) is 0 Å². The molecular weight excluding hydrogens is 254 g/mol. The van der Waals surface area contributed by atoms with Crippen molar-refractivity contribution in [2.45, 2.75) is 25.1 Å². The number of amides is 1. The fourth-order valence-corrected chi connectivity index (χ4v) is 2.01. The average Bonchev–Trinajstić information content (AvgIpc) is 2.86. The van der Waals surface area contributed by atoms with Gasteiger partial charge in [-0.25, -0.2) is 0 Å². The molecule has 2 atom stereocenters. The van der Waals surface area contributed by atoms with Crippen LogP contribution in [0.3, 0.4) is 0 Å². The van der Waals surface area contributed by atoms with Crippen molar-refractivity contribution in [2.75, 3.05) is 13.7 Å². The second-order valence-corrected chi connectivity index (χ2v) is 4.68. The van der Waals surface area contributed by atoms with Gasteiger partial charge >= 0.3 is 0 Å². The van der Waals surface area contributed by atoms with E-state index in [0.29, 0.717) is 24.5 Å². The minimum atomic E-state index is -0.178. The van der Waals surface area contributed by atoms with Crippen LogP contribution in [0.2, 0.25) is 5.02 Å². The zero-order valence-electron chi connectivity index (χ0n) is 10.1. The molecule has 0 spiro atoms. The summed E-state index contributed by atoms with van der Waals surface area (Å²) in [5.74, 6) is -0.0219. The van der Waals surface area contributed by atoms with Crippen LogP contribution in [-0.2, 0) is 16.1 Å². The number of methoxy groups -OCH3 is 1. The number of pyridine rings is 1. The molecular formula is C12H16ClN3O2. The standard InChI is InChI=1S/C12H16ClN3O2/c1-18-10-4-11(15-7-10)12(17)16-6-9-3-2-8(13)5-14-9/h2-3,5,10-11,15H,4,6-7H2,1H3,(H,16,17)/t10-,11+/m0/s1. The van der Waals surface area contributed by atoms with Crippen LogP contribution in [0.1, 0.15) is 12.1 Å². The van der Waals surface area contributed by atoms with E-state index in [-0.39, 0.29) is 18.1 Å². The normalized spacial score (nSPS) is 23.0. The van der Waals surface area contributed by atoms with Gasteiger partial charge in [-0.3, -0.25) is 9.78 Å². The van der Waals surface area contributed by atoms with Crippen molar-refractivity contribution in [2.24, 2.45) is 0 Å². The van der Waals surface area contributed by atoms with Crippen LogP contribution in [0.15, 0.2) is 18.3 Å². The second-order valence-electron chi connectivity index (χ2n) is 4.24. The van der Waals surface area contributed by atoms with Crippen LogP contribution in [0.4, 0.5) is 0 Å². The monoisotopic (exact) mass is 269 g/mol. The zero-order chi connectivity index (χ0) is 13.0. The lowest BCUT2D eigenvalue weighted by molar-refractivity contribution is -0.123. The van der Waals surface area contributed by atoms with E-state index >= 15 is 0 Å². The summed E-state index contributed by atoms with van der Waals surface area (Å²) in [6.07, 6.45) is 2.39. The van der Waals surface area contributed by atoms with E-state index in [2.05, 4.69) is 15.6 Å². The summed E-state index contributed by atoms with van der Waals surface area (Å²) < 4.78 is 5.20. The molecule has 18 heavy (non-hydrogen) atoms. The zero-order valence-corrected chi connectivity index (χ0v) is 10.9. The van der Waals surface area contributed by atoms with Crippen molar-refractivity contribution in [3.05, 3.63) is 29.0 Å². The smallest absolute Gasteiger partial charge is 0.237 e. The molecule has 1 aliphatic rings. The molecule has 1 saturated heterocycles. The lowest BCUT2D eigenvalue weighted by Crippen LogP contribution is -2.40. The van der Waals surface area contributed by atoms with Crippen molar-refractivity contribution in [3.8, 4) is 0 Å². The SMILES string of the molecule is CO[C@@H]1CN[C@@H](C(=O)NCc2ccc(Cl)cn2)C1.